The molecule has 12 heavy (non-hydrogen) atoms. The van der Waals surface area contributed by atoms with Gasteiger partial charge in [0.1, 0.15) is 0 Å². The molecule has 0 aliphatic rings. The molecule has 70 valence electrons. The number of hydrogen-bond acceptors (Lipinski definition) is 2. The van der Waals surface area contributed by atoms with Gasteiger partial charge in [0.05, 0.1) is 9.30 Å². The van der Waals surface area contributed by atoms with E-state index < -0.39 is 19.4 Å². The summed E-state index contributed by atoms with van der Waals surface area (Å²) in [6.45, 7) is -2.23. The van der Waals surface area contributed by atoms with E-state index >= 15 is 0 Å². The highest BCUT2D eigenvalue weighted by Crippen LogP contribution is 2.08. The van der Waals surface area contributed by atoms with E-state index in [4.69, 9.17) is 6.85 Å². The molecule has 0 unspecified atom stereocenters. The van der Waals surface area contributed by atoms with E-state index in [0.29, 0.717) is 24.8 Å². The molecule has 0 aromatic rings. The van der Waals surface area contributed by atoms with E-state index in [1.165, 1.54) is 0 Å². The van der Waals surface area contributed by atoms with Crippen LogP contribution in [-0.2, 0) is 9.53 Å². The number of esters is 1. The topological polar surface area (TPSA) is 26.3 Å². The van der Waals surface area contributed by atoms with Gasteiger partial charge in [0.15, 0.2) is 0 Å². The summed E-state index contributed by atoms with van der Waals surface area (Å²) in [5, 5.41) is 0. The molecule has 0 aromatic carbocycles. The average Bonchev–Trinajstić information content (AvgIpc) is 2.14. The first-order valence-electron chi connectivity index (χ1n) is 6.58. The zero-order chi connectivity index (χ0) is 13.7. The summed E-state index contributed by atoms with van der Waals surface area (Å²) in [7, 11) is 0. The van der Waals surface area contributed by atoms with Crippen LogP contribution in [0.3, 0.4) is 0 Å². The first kappa shape index (κ1) is 5.05. The molecule has 2 nitrogen and oxygen atoms in total. The lowest BCUT2D eigenvalue weighted by Gasteiger charge is -2.04. The van der Waals surface area contributed by atoms with Gasteiger partial charge in [-0.2, -0.15) is 0 Å². The third-order valence-electron chi connectivity index (χ3n) is 1.38. The molecular formula is C10H18O2. The quantitative estimate of drug-likeness (QED) is 0.474. The molecule has 0 aliphatic heterocycles. The Bertz CT molecular complexity index is 294. The van der Waals surface area contributed by atoms with Gasteiger partial charge in [-0.15, -0.1) is 0 Å². The highest BCUT2D eigenvalue weighted by molar-refractivity contribution is 5.88. The van der Waals surface area contributed by atoms with E-state index in [1.807, 2.05) is 13.8 Å². The molecule has 2 heteroatoms. The standard InChI is InChI=1S/C10H18O2/c1-4-7-9(8-5-2)10(11)12-6-3/h7H,4-6,8H2,1-3H3/b9-7+/i3D3,6D2. The van der Waals surface area contributed by atoms with Gasteiger partial charge in [0.25, 0.3) is 0 Å². The molecule has 0 saturated heterocycles. The number of carbonyl (C=O) groups is 1. The summed E-state index contributed by atoms with van der Waals surface area (Å²) < 4.78 is 39.6. The van der Waals surface area contributed by atoms with Crippen LogP contribution in [0.2, 0.25) is 0 Å². The van der Waals surface area contributed by atoms with Gasteiger partial charge in [-0.3, -0.25) is 0 Å². The minimum Gasteiger partial charge on any atom is -0.463 e. The van der Waals surface area contributed by atoms with Gasteiger partial charge in [0, 0.05) is 9.69 Å². The number of rotatable bonds is 5. The fourth-order valence-electron chi connectivity index (χ4n) is 0.915. The summed E-state index contributed by atoms with van der Waals surface area (Å²) in [4.78, 5) is 11.6. The highest BCUT2D eigenvalue weighted by Gasteiger charge is 2.07. The van der Waals surface area contributed by atoms with Crippen LogP contribution < -0.4 is 0 Å². The summed E-state index contributed by atoms with van der Waals surface area (Å²) in [6.07, 6.45) is 3.39. The minimum absolute atomic E-state index is 0.322. The summed E-state index contributed by atoms with van der Waals surface area (Å²) in [5.41, 5.74) is 0.322. The lowest BCUT2D eigenvalue weighted by atomic mass is 10.1. The largest absolute Gasteiger partial charge is 0.463 e. The number of allylic oxidation sites excluding steroid dienone is 1. The van der Waals surface area contributed by atoms with Gasteiger partial charge in [0.2, 0.25) is 0 Å². The van der Waals surface area contributed by atoms with Crippen LogP contribution in [0.25, 0.3) is 0 Å². The molecule has 0 aliphatic carbocycles. The van der Waals surface area contributed by atoms with Crippen molar-refractivity contribution in [2.45, 2.75) is 40.0 Å². The second-order valence-corrected chi connectivity index (χ2v) is 2.38. The van der Waals surface area contributed by atoms with Crippen molar-refractivity contribution in [1.29, 1.82) is 0 Å². The van der Waals surface area contributed by atoms with Gasteiger partial charge >= 0.3 is 5.97 Å². The van der Waals surface area contributed by atoms with Crippen molar-refractivity contribution < 1.29 is 16.4 Å². The number of hydrogen-bond donors (Lipinski definition) is 0. The predicted octanol–water partition coefficient (Wildman–Crippen LogP) is 2.69. The molecule has 0 atom stereocenters. The van der Waals surface area contributed by atoms with E-state index in [9.17, 15) is 4.79 Å². The molecule has 0 amide bonds. The normalized spacial score (nSPS) is 19.8. The van der Waals surface area contributed by atoms with Crippen LogP contribution in [0.5, 0.6) is 0 Å². The Balaban J connectivity index is 4.78. The van der Waals surface area contributed by atoms with Crippen LogP contribution in [-0.4, -0.2) is 12.5 Å². The van der Waals surface area contributed by atoms with E-state index in [-0.39, 0.29) is 0 Å². The minimum atomic E-state index is -2.98. The molecule has 0 fully saturated rings. The fourth-order valence-corrected chi connectivity index (χ4v) is 0.915. The maximum atomic E-state index is 11.6. The summed E-state index contributed by atoms with van der Waals surface area (Å²) in [6, 6.07) is 0. The fraction of sp³-hybridized carbons (Fsp3) is 0.700. The van der Waals surface area contributed by atoms with Crippen LogP contribution in [0, 0.1) is 0 Å². The molecule has 0 spiro atoms. The lowest BCUT2D eigenvalue weighted by molar-refractivity contribution is -0.138. The number of ether oxygens (including phenoxy) is 1. The Labute approximate surface area is 81.6 Å². The molecular weight excluding hydrogens is 152 g/mol. The smallest absolute Gasteiger partial charge is 0.333 e. The number of carbonyl (C=O) groups excluding carboxylic acids is 1. The zero-order valence-corrected chi connectivity index (χ0v) is 7.52. The summed E-state index contributed by atoms with van der Waals surface area (Å²) in [5.74, 6) is -0.894. The molecule has 0 rings (SSSR count). The molecule has 0 aromatic heterocycles. The van der Waals surface area contributed by atoms with Crippen molar-refractivity contribution >= 4 is 5.97 Å². The van der Waals surface area contributed by atoms with Gasteiger partial charge in [-0.25, -0.2) is 4.79 Å². The average molecular weight is 175 g/mol. The Morgan fingerprint density at radius 2 is 2.42 bits per heavy atom. The van der Waals surface area contributed by atoms with Crippen LogP contribution in [0.1, 0.15) is 46.8 Å². The highest BCUT2D eigenvalue weighted by atomic mass is 16.5. The van der Waals surface area contributed by atoms with Crippen molar-refractivity contribution in [3.05, 3.63) is 11.6 Å². The van der Waals surface area contributed by atoms with Crippen LogP contribution >= 0.6 is 0 Å². The van der Waals surface area contributed by atoms with Crippen molar-refractivity contribution in [2.75, 3.05) is 6.56 Å². The van der Waals surface area contributed by atoms with Crippen LogP contribution in [0.4, 0.5) is 0 Å². The third kappa shape index (κ3) is 4.16. The predicted molar refractivity (Wildman–Crippen MR) is 49.9 cm³/mol. The zero-order valence-electron chi connectivity index (χ0n) is 12.5. The lowest BCUT2D eigenvalue weighted by Crippen LogP contribution is -2.07. The van der Waals surface area contributed by atoms with E-state index in [0.717, 1.165) is 0 Å². The molecule has 0 N–H and O–H groups in total. The third-order valence-corrected chi connectivity index (χ3v) is 1.38. The van der Waals surface area contributed by atoms with Crippen molar-refractivity contribution in [3.63, 3.8) is 0 Å². The second kappa shape index (κ2) is 6.89. The van der Waals surface area contributed by atoms with E-state index in [2.05, 4.69) is 4.74 Å². The molecule has 0 bridgehead atoms. The van der Waals surface area contributed by atoms with Gasteiger partial charge in [-0.1, -0.05) is 26.3 Å². The maximum Gasteiger partial charge on any atom is 0.333 e. The van der Waals surface area contributed by atoms with Crippen LogP contribution in [0.15, 0.2) is 11.6 Å². The van der Waals surface area contributed by atoms with Crippen molar-refractivity contribution in [1.82, 2.24) is 0 Å². The SMILES string of the molecule is [2H]C([2H])([2H])C([2H])([2H])OC(=O)/C(=C/CC)CCC. The Hall–Kier alpha value is -0.790. The maximum absolute atomic E-state index is 11.6. The first-order valence-corrected chi connectivity index (χ1v) is 4.08. The monoisotopic (exact) mass is 175 g/mol. The van der Waals surface area contributed by atoms with Gasteiger partial charge < -0.3 is 4.74 Å². The summed E-state index contributed by atoms with van der Waals surface area (Å²) >= 11 is 0. The first-order chi connectivity index (χ1) is 7.65. The molecule has 0 saturated carbocycles. The Morgan fingerprint density at radius 3 is 2.92 bits per heavy atom. The molecule has 0 radical (unpaired) electrons. The van der Waals surface area contributed by atoms with Crippen molar-refractivity contribution in [2.24, 2.45) is 0 Å². The Morgan fingerprint density at radius 1 is 1.67 bits per heavy atom. The Kier molecular flexibility index (Phi) is 2.90. The second-order valence-electron chi connectivity index (χ2n) is 2.38. The van der Waals surface area contributed by atoms with Gasteiger partial charge in [-0.05, 0) is 19.7 Å². The molecule has 0 heterocycles. The van der Waals surface area contributed by atoms with Crippen molar-refractivity contribution in [3.8, 4) is 0 Å². The van der Waals surface area contributed by atoms with E-state index in [1.54, 1.807) is 6.08 Å².